The molecule has 0 saturated carbocycles. The van der Waals surface area contributed by atoms with Crippen LogP contribution in [0.25, 0.3) is 5.57 Å². The Bertz CT molecular complexity index is 930. The number of rotatable bonds is 6. The van der Waals surface area contributed by atoms with Crippen molar-refractivity contribution in [2.24, 2.45) is 5.73 Å². The molecule has 9 nitrogen and oxygen atoms in total. The maximum atomic E-state index is 13.8. The molecule has 1 unspecified atom stereocenters. The SMILES string of the molecule is CC(C)(O)C(F)CNC(=O)c1cnc(C(=CN)c2ncc(C#N)cn2)cc1N. The zero-order chi connectivity index (χ0) is 20.9. The molecule has 0 spiro atoms. The van der Waals surface area contributed by atoms with Crippen molar-refractivity contribution >= 4 is 17.2 Å². The number of pyridine rings is 1. The van der Waals surface area contributed by atoms with Crippen molar-refractivity contribution in [3.63, 3.8) is 0 Å². The summed E-state index contributed by atoms with van der Waals surface area (Å²) in [6, 6.07) is 3.33. The summed E-state index contributed by atoms with van der Waals surface area (Å²) in [6.45, 7) is 2.23. The van der Waals surface area contributed by atoms with Crippen molar-refractivity contribution in [2.75, 3.05) is 12.3 Å². The summed E-state index contributed by atoms with van der Waals surface area (Å²) in [6.07, 6.45) is 3.50. The monoisotopic (exact) mass is 385 g/mol. The van der Waals surface area contributed by atoms with Crippen LogP contribution in [0.4, 0.5) is 10.1 Å². The van der Waals surface area contributed by atoms with Crippen LogP contribution in [-0.2, 0) is 0 Å². The van der Waals surface area contributed by atoms with E-state index >= 15 is 0 Å². The molecule has 28 heavy (non-hydrogen) atoms. The molecule has 0 aliphatic heterocycles. The molecule has 0 bridgehead atoms. The number of nitrogens with zero attached hydrogens (tertiary/aromatic N) is 4. The quantitative estimate of drug-likeness (QED) is 0.558. The van der Waals surface area contributed by atoms with Gasteiger partial charge in [0, 0.05) is 30.5 Å². The normalized spacial score (nSPS) is 12.9. The second kappa shape index (κ2) is 8.41. The van der Waals surface area contributed by atoms with Gasteiger partial charge in [-0.1, -0.05) is 0 Å². The third-order valence-corrected chi connectivity index (χ3v) is 3.85. The summed E-state index contributed by atoms with van der Waals surface area (Å²) in [7, 11) is 0. The van der Waals surface area contributed by atoms with Gasteiger partial charge in [-0.25, -0.2) is 14.4 Å². The van der Waals surface area contributed by atoms with Gasteiger partial charge in [0.15, 0.2) is 5.82 Å². The number of amides is 1. The molecule has 0 aliphatic carbocycles. The molecule has 2 aromatic heterocycles. The zero-order valence-electron chi connectivity index (χ0n) is 15.3. The van der Waals surface area contributed by atoms with Crippen LogP contribution < -0.4 is 16.8 Å². The number of hydrogen-bond donors (Lipinski definition) is 4. The molecule has 10 heteroatoms. The van der Waals surface area contributed by atoms with Crippen LogP contribution in [0, 0.1) is 11.3 Å². The van der Waals surface area contributed by atoms with Gasteiger partial charge in [-0.15, -0.1) is 0 Å². The summed E-state index contributed by atoms with van der Waals surface area (Å²) in [4.78, 5) is 24.5. The third kappa shape index (κ3) is 4.77. The number of nitrogen functional groups attached to an aromatic ring is 1. The number of halogens is 1. The van der Waals surface area contributed by atoms with E-state index in [1.165, 1.54) is 44.7 Å². The first-order chi connectivity index (χ1) is 13.2. The highest BCUT2D eigenvalue weighted by atomic mass is 19.1. The number of hydrogen-bond acceptors (Lipinski definition) is 8. The fourth-order valence-corrected chi connectivity index (χ4v) is 2.13. The molecule has 2 aromatic rings. The Morgan fingerprint density at radius 1 is 1.39 bits per heavy atom. The Labute approximate surface area is 160 Å². The molecular weight excluding hydrogens is 365 g/mol. The molecule has 2 heterocycles. The summed E-state index contributed by atoms with van der Waals surface area (Å²) in [5.74, 6) is -0.396. The maximum Gasteiger partial charge on any atom is 0.255 e. The van der Waals surface area contributed by atoms with Crippen LogP contribution in [-0.4, -0.2) is 44.3 Å². The van der Waals surface area contributed by atoms with Crippen molar-refractivity contribution in [1.82, 2.24) is 20.3 Å². The van der Waals surface area contributed by atoms with Crippen LogP contribution >= 0.6 is 0 Å². The summed E-state index contributed by atoms with van der Waals surface area (Å²) in [5, 5.41) is 20.8. The minimum Gasteiger partial charge on any atom is -0.404 e. The summed E-state index contributed by atoms with van der Waals surface area (Å²) >= 11 is 0. The number of anilines is 1. The van der Waals surface area contributed by atoms with Gasteiger partial charge in [0.25, 0.3) is 5.91 Å². The minimum atomic E-state index is -1.65. The average Bonchev–Trinajstić information content (AvgIpc) is 2.66. The molecule has 1 amide bonds. The highest BCUT2D eigenvalue weighted by Gasteiger charge is 2.27. The first-order valence-corrected chi connectivity index (χ1v) is 8.22. The van der Waals surface area contributed by atoms with E-state index in [2.05, 4.69) is 20.3 Å². The van der Waals surface area contributed by atoms with E-state index in [1.54, 1.807) is 0 Å². The Morgan fingerprint density at radius 3 is 2.54 bits per heavy atom. The number of nitrogens with two attached hydrogens (primary N) is 2. The van der Waals surface area contributed by atoms with Crippen LogP contribution in [0.5, 0.6) is 0 Å². The van der Waals surface area contributed by atoms with Crippen molar-refractivity contribution in [3.05, 3.63) is 53.5 Å². The molecular formula is C18H20FN7O2. The number of nitrogens with one attached hydrogen (secondary N) is 1. The highest BCUT2D eigenvalue weighted by Crippen LogP contribution is 2.21. The van der Waals surface area contributed by atoms with Crippen LogP contribution in [0.15, 0.2) is 30.9 Å². The Morgan fingerprint density at radius 2 is 2.04 bits per heavy atom. The molecule has 1 atom stereocenters. The van der Waals surface area contributed by atoms with Gasteiger partial charge in [0.05, 0.1) is 34.5 Å². The highest BCUT2D eigenvalue weighted by molar-refractivity contribution is 5.99. The van der Waals surface area contributed by atoms with E-state index < -0.39 is 17.7 Å². The van der Waals surface area contributed by atoms with E-state index in [0.717, 1.165) is 0 Å². The summed E-state index contributed by atoms with van der Waals surface area (Å²) in [5.41, 5.74) is 11.1. The predicted octanol–water partition coefficient (Wildman–Crippen LogP) is 0.512. The fourth-order valence-electron chi connectivity index (χ4n) is 2.13. The second-order valence-corrected chi connectivity index (χ2v) is 6.48. The van der Waals surface area contributed by atoms with E-state index in [9.17, 15) is 14.3 Å². The molecule has 0 aromatic carbocycles. The average molecular weight is 385 g/mol. The third-order valence-electron chi connectivity index (χ3n) is 3.85. The first-order valence-electron chi connectivity index (χ1n) is 8.22. The van der Waals surface area contributed by atoms with Crippen LogP contribution in [0.2, 0.25) is 0 Å². The van der Waals surface area contributed by atoms with Gasteiger partial charge in [-0.3, -0.25) is 9.78 Å². The summed E-state index contributed by atoms with van der Waals surface area (Å²) < 4.78 is 13.8. The van der Waals surface area contributed by atoms with Gasteiger partial charge in [0.2, 0.25) is 0 Å². The lowest BCUT2D eigenvalue weighted by Gasteiger charge is -2.22. The molecule has 0 saturated heterocycles. The van der Waals surface area contributed by atoms with Gasteiger partial charge in [-0.05, 0) is 19.9 Å². The Balaban J connectivity index is 2.20. The number of aromatic nitrogens is 3. The number of nitriles is 1. The van der Waals surface area contributed by atoms with E-state index in [4.69, 9.17) is 16.7 Å². The van der Waals surface area contributed by atoms with Crippen molar-refractivity contribution in [2.45, 2.75) is 25.6 Å². The first kappa shape index (κ1) is 20.7. The number of carbonyl (C=O) groups excluding carboxylic acids is 1. The Hall–Kier alpha value is -3.58. The lowest BCUT2D eigenvalue weighted by atomic mass is 10.0. The minimum absolute atomic E-state index is 0.0452. The molecule has 0 radical (unpaired) electrons. The van der Waals surface area contributed by atoms with E-state index in [1.807, 2.05) is 6.07 Å². The second-order valence-electron chi connectivity index (χ2n) is 6.48. The van der Waals surface area contributed by atoms with Crippen molar-refractivity contribution < 1.29 is 14.3 Å². The van der Waals surface area contributed by atoms with Gasteiger partial charge in [-0.2, -0.15) is 5.26 Å². The molecule has 2 rings (SSSR count). The largest absolute Gasteiger partial charge is 0.404 e. The molecule has 0 fully saturated rings. The number of alkyl halides is 1. The molecule has 6 N–H and O–H groups in total. The molecule has 146 valence electrons. The fraction of sp³-hybridized carbons (Fsp3) is 0.278. The predicted molar refractivity (Wildman–Crippen MR) is 100 cm³/mol. The molecule has 0 aliphatic rings. The van der Waals surface area contributed by atoms with Crippen LogP contribution in [0.3, 0.4) is 0 Å². The van der Waals surface area contributed by atoms with Crippen molar-refractivity contribution in [1.29, 1.82) is 5.26 Å². The number of carbonyl (C=O) groups is 1. The lowest BCUT2D eigenvalue weighted by Crippen LogP contribution is -2.42. The topological polar surface area (TPSA) is 164 Å². The van der Waals surface area contributed by atoms with Crippen molar-refractivity contribution in [3.8, 4) is 6.07 Å². The Kier molecular flexibility index (Phi) is 6.22. The van der Waals surface area contributed by atoms with E-state index in [-0.39, 0.29) is 29.2 Å². The van der Waals surface area contributed by atoms with Gasteiger partial charge in [0.1, 0.15) is 12.2 Å². The van der Waals surface area contributed by atoms with Crippen LogP contribution in [0.1, 0.15) is 41.3 Å². The van der Waals surface area contributed by atoms with E-state index in [0.29, 0.717) is 11.3 Å². The lowest BCUT2D eigenvalue weighted by molar-refractivity contribution is -0.00177. The maximum absolute atomic E-state index is 13.8. The van der Waals surface area contributed by atoms with Gasteiger partial charge < -0.3 is 21.9 Å². The smallest absolute Gasteiger partial charge is 0.255 e. The zero-order valence-corrected chi connectivity index (χ0v) is 15.3. The van der Waals surface area contributed by atoms with Gasteiger partial charge >= 0.3 is 0 Å². The number of aliphatic hydroxyl groups is 1. The standard InChI is InChI=1S/C18H20FN7O2/c1-18(2,28)15(19)9-26-17(27)12-8-23-14(3-13(12)22)11(5-21)16-24-6-10(4-20)7-25-16/h3,5-8,15,28H,9,21H2,1-2H3,(H2,22,23)(H,26,27).